The zero-order chi connectivity index (χ0) is 22.5. The van der Waals surface area contributed by atoms with Gasteiger partial charge in [-0.15, -0.1) is 22.7 Å². The van der Waals surface area contributed by atoms with Crippen molar-refractivity contribution in [3.63, 3.8) is 0 Å². The summed E-state index contributed by atoms with van der Waals surface area (Å²) < 4.78 is 7.18. The summed E-state index contributed by atoms with van der Waals surface area (Å²) in [5, 5.41) is 20.1. The van der Waals surface area contributed by atoms with Crippen LogP contribution in [0.3, 0.4) is 0 Å². The lowest BCUT2D eigenvalue weighted by Gasteiger charge is -2.00. The van der Waals surface area contributed by atoms with Crippen molar-refractivity contribution in [1.82, 2.24) is 4.98 Å². The average Bonchev–Trinajstić information content (AvgIpc) is 3.57. The minimum atomic E-state index is -0.201. The van der Waals surface area contributed by atoms with Gasteiger partial charge >= 0.3 is 0 Å². The molecule has 0 saturated heterocycles. The summed E-state index contributed by atoms with van der Waals surface area (Å²) in [5.74, 6) is 0.366. The fourth-order valence-electron chi connectivity index (χ4n) is 4.01. The van der Waals surface area contributed by atoms with Crippen molar-refractivity contribution in [1.29, 1.82) is 10.5 Å². The van der Waals surface area contributed by atoms with Gasteiger partial charge in [-0.25, -0.2) is 0 Å². The molecule has 0 N–H and O–H groups in total. The van der Waals surface area contributed by atoms with Crippen LogP contribution < -0.4 is 0 Å². The third-order valence-corrected chi connectivity index (χ3v) is 7.52. The van der Waals surface area contributed by atoms with Gasteiger partial charge in [0.25, 0.3) is 0 Å². The number of allylic oxidation sites excluding steroid dienone is 3. The predicted molar refractivity (Wildman–Crippen MR) is 130 cm³/mol. The minimum absolute atomic E-state index is 0.0787. The number of thiophene rings is 2. The lowest BCUT2D eigenvalue weighted by molar-refractivity contribution is 0.104. The van der Waals surface area contributed by atoms with Gasteiger partial charge in [-0.2, -0.15) is 15.5 Å². The van der Waals surface area contributed by atoms with Crippen LogP contribution in [0.1, 0.15) is 20.8 Å². The van der Waals surface area contributed by atoms with E-state index in [1.165, 1.54) is 16.0 Å². The molecule has 0 fully saturated rings. The Morgan fingerprint density at radius 3 is 2.48 bits per heavy atom. The van der Waals surface area contributed by atoms with Crippen molar-refractivity contribution in [2.24, 2.45) is 0 Å². The van der Waals surface area contributed by atoms with Crippen LogP contribution in [0.15, 0.2) is 76.2 Å². The lowest BCUT2D eigenvalue weighted by atomic mass is 9.99. The summed E-state index contributed by atoms with van der Waals surface area (Å²) in [6.07, 6.45) is 1.72. The van der Waals surface area contributed by atoms with E-state index in [0.717, 1.165) is 20.0 Å². The molecule has 6 rings (SSSR count). The number of rotatable bonds is 2. The van der Waals surface area contributed by atoms with Crippen LogP contribution in [0.4, 0.5) is 0 Å². The number of oxazole rings is 1. The second-order valence-corrected chi connectivity index (χ2v) is 9.54. The zero-order valence-corrected chi connectivity index (χ0v) is 18.5. The van der Waals surface area contributed by atoms with Gasteiger partial charge in [-0.1, -0.05) is 42.5 Å². The average molecular weight is 462 g/mol. The Labute approximate surface area is 195 Å². The number of carbonyl (C=O) groups excluding carboxylic acids is 1. The monoisotopic (exact) mass is 461 g/mol. The molecule has 0 aliphatic heterocycles. The molecule has 0 spiro atoms. The molecule has 7 heteroatoms. The normalized spacial score (nSPS) is 14.1. The molecule has 0 bridgehead atoms. The molecule has 0 atom stereocenters. The maximum atomic E-state index is 13.1. The number of nitriles is 2. The first-order chi connectivity index (χ1) is 16.2. The van der Waals surface area contributed by atoms with Crippen molar-refractivity contribution in [2.45, 2.75) is 0 Å². The number of fused-ring (bicyclic) bond motifs is 3. The van der Waals surface area contributed by atoms with Gasteiger partial charge in [0.15, 0.2) is 16.2 Å². The summed E-state index contributed by atoms with van der Waals surface area (Å²) in [6, 6.07) is 22.9. The van der Waals surface area contributed by atoms with Gasteiger partial charge in [-0.3, -0.25) is 4.79 Å². The Kier molecular flexibility index (Phi) is 4.34. The molecule has 3 heterocycles. The number of Topliss-reactive ketones (excluding diaryl/α,β-unsaturated/α-hetero) is 1. The van der Waals surface area contributed by atoms with E-state index in [1.54, 1.807) is 41.7 Å². The van der Waals surface area contributed by atoms with E-state index >= 15 is 0 Å². The first-order valence-electron chi connectivity index (χ1n) is 9.96. The number of aromatic nitrogens is 1. The summed E-state index contributed by atoms with van der Waals surface area (Å²) in [4.78, 5) is 20.2. The van der Waals surface area contributed by atoms with E-state index in [-0.39, 0.29) is 11.4 Å². The van der Waals surface area contributed by atoms with Crippen LogP contribution in [-0.2, 0) is 0 Å². The van der Waals surface area contributed by atoms with Gasteiger partial charge in [0, 0.05) is 32.4 Å². The van der Waals surface area contributed by atoms with Gasteiger partial charge in [0.1, 0.15) is 17.7 Å². The van der Waals surface area contributed by atoms with E-state index in [2.05, 4.69) is 23.2 Å². The highest BCUT2D eigenvalue weighted by molar-refractivity contribution is 7.22. The van der Waals surface area contributed by atoms with E-state index in [9.17, 15) is 15.3 Å². The Hall–Kier alpha value is -4.30. The Morgan fingerprint density at radius 2 is 1.73 bits per heavy atom. The third-order valence-electron chi connectivity index (χ3n) is 5.46. The summed E-state index contributed by atoms with van der Waals surface area (Å²) in [5.41, 5.74) is 2.37. The molecule has 0 amide bonds. The minimum Gasteiger partial charge on any atom is -0.434 e. The van der Waals surface area contributed by atoms with E-state index < -0.39 is 0 Å². The Morgan fingerprint density at radius 1 is 0.970 bits per heavy atom. The van der Waals surface area contributed by atoms with Crippen molar-refractivity contribution >= 4 is 60.6 Å². The fourth-order valence-corrected chi connectivity index (χ4v) is 5.89. The van der Waals surface area contributed by atoms with Crippen LogP contribution in [0.25, 0.3) is 42.9 Å². The molecule has 154 valence electrons. The molecule has 1 aliphatic rings. The van der Waals surface area contributed by atoms with E-state index in [4.69, 9.17) is 4.42 Å². The second kappa shape index (κ2) is 7.39. The number of hydrogen-bond acceptors (Lipinski definition) is 7. The van der Waals surface area contributed by atoms with Crippen LogP contribution in [0.2, 0.25) is 0 Å². The maximum absolute atomic E-state index is 13.1. The summed E-state index contributed by atoms with van der Waals surface area (Å²) in [7, 11) is 0. The topological polar surface area (TPSA) is 90.7 Å². The SMILES string of the molecule is N#CC(C#N)=C1/C(=C/c2cc3oc(-c4cc5ccccc5s4)nc3s2)C(=O)c2ccccc21. The predicted octanol–water partition coefficient (Wildman–Crippen LogP) is 6.85. The highest BCUT2D eigenvalue weighted by Gasteiger charge is 2.32. The zero-order valence-electron chi connectivity index (χ0n) is 16.8. The number of hydrogen-bond donors (Lipinski definition) is 0. The van der Waals surface area contributed by atoms with Crippen LogP contribution in [-0.4, -0.2) is 10.8 Å². The molecular weight excluding hydrogens is 450 g/mol. The van der Waals surface area contributed by atoms with Crippen molar-refractivity contribution < 1.29 is 9.21 Å². The van der Waals surface area contributed by atoms with E-state index in [1.807, 2.05) is 30.3 Å². The molecule has 0 saturated carbocycles. The fraction of sp³-hybridized carbons (Fsp3) is 0. The van der Waals surface area contributed by atoms with Gasteiger partial charge in [0.05, 0.1) is 4.88 Å². The van der Waals surface area contributed by atoms with Crippen LogP contribution in [0, 0.1) is 22.7 Å². The van der Waals surface area contributed by atoms with Gasteiger partial charge in [0.2, 0.25) is 5.89 Å². The van der Waals surface area contributed by atoms with Crippen molar-refractivity contribution in [2.75, 3.05) is 0 Å². The molecule has 33 heavy (non-hydrogen) atoms. The van der Waals surface area contributed by atoms with Crippen molar-refractivity contribution in [3.8, 4) is 22.9 Å². The van der Waals surface area contributed by atoms with Gasteiger partial charge < -0.3 is 4.42 Å². The lowest BCUT2D eigenvalue weighted by Crippen LogP contribution is -1.95. The molecule has 0 unspecified atom stereocenters. The van der Waals surface area contributed by atoms with Crippen LogP contribution >= 0.6 is 22.7 Å². The number of nitrogens with zero attached hydrogens (tertiary/aromatic N) is 3. The standard InChI is InChI=1S/C26H11N3O2S2/c27-12-15(13-28)23-17-6-2-3-7-18(17)24(30)19(23)10-16-11-20-26(32-16)29-25(31-20)22-9-14-5-1-4-8-21(14)33-22/h1-11H/b19-10-. The molecular formula is C26H11N3O2S2. The Balaban J connectivity index is 1.43. The van der Waals surface area contributed by atoms with Gasteiger partial charge in [-0.05, 0) is 29.2 Å². The molecule has 2 aromatic carbocycles. The van der Waals surface area contributed by atoms with E-state index in [0.29, 0.717) is 33.7 Å². The molecule has 3 aromatic heterocycles. The maximum Gasteiger partial charge on any atom is 0.238 e. The largest absolute Gasteiger partial charge is 0.434 e. The Bertz CT molecular complexity index is 1690. The molecule has 0 radical (unpaired) electrons. The summed E-state index contributed by atoms with van der Waals surface area (Å²) in [6.45, 7) is 0. The quantitative estimate of drug-likeness (QED) is 0.212. The number of benzene rings is 2. The third kappa shape index (κ3) is 3.03. The van der Waals surface area contributed by atoms with Crippen LogP contribution in [0.5, 0.6) is 0 Å². The highest BCUT2D eigenvalue weighted by Crippen LogP contribution is 2.41. The summed E-state index contributed by atoms with van der Waals surface area (Å²) >= 11 is 3.02. The molecule has 1 aliphatic carbocycles. The van der Waals surface area contributed by atoms with Crippen molar-refractivity contribution in [3.05, 3.63) is 87.8 Å². The smallest absolute Gasteiger partial charge is 0.238 e. The number of carbonyl (C=O) groups is 1. The highest BCUT2D eigenvalue weighted by atomic mass is 32.1. The molecule has 5 aromatic rings. The molecule has 5 nitrogen and oxygen atoms in total. The second-order valence-electron chi connectivity index (χ2n) is 7.39. The number of ketones is 1. The first kappa shape index (κ1) is 19.4. The first-order valence-corrected chi connectivity index (χ1v) is 11.6.